The Balaban J connectivity index is 1.66. The molecule has 5 heteroatoms. The van der Waals surface area contributed by atoms with Crippen LogP contribution in [0.3, 0.4) is 0 Å². The van der Waals surface area contributed by atoms with Crippen LogP contribution in [0.5, 0.6) is 5.75 Å². The fourth-order valence-electron chi connectivity index (χ4n) is 3.88. The quantitative estimate of drug-likeness (QED) is 0.837. The smallest absolute Gasteiger partial charge is 0.252 e. The van der Waals surface area contributed by atoms with E-state index in [0.29, 0.717) is 17.0 Å². The van der Waals surface area contributed by atoms with Gasteiger partial charge in [0.05, 0.1) is 18.1 Å². The van der Waals surface area contributed by atoms with Crippen LogP contribution in [0.25, 0.3) is 0 Å². The van der Waals surface area contributed by atoms with E-state index in [4.69, 9.17) is 4.74 Å². The molecule has 24 heavy (non-hydrogen) atoms. The van der Waals surface area contributed by atoms with Gasteiger partial charge in [-0.15, -0.1) is 0 Å². The molecule has 5 nitrogen and oxygen atoms in total. The summed E-state index contributed by atoms with van der Waals surface area (Å²) in [5.74, 6) is 1.15. The van der Waals surface area contributed by atoms with Gasteiger partial charge in [0.15, 0.2) is 0 Å². The van der Waals surface area contributed by atoms with E-state index in [0.717, 1.165) is 32.5 Å². The summed E-state index contributed by atoms with van der Waals surface area (Å²) in [5, 5.41) is 23.2. The van der Waals surface area contributed by atoms with E-state index in [1.807, 2.05) is 6.07 Å². The predicted octanol–water partition coefficient (Wildman–Crippen LogP) is 1.50. The number of para-hydroxylation sites is 1. The van der Waals surface area contributed by atoms with Crippen LogP contribution in [-0.2, 0) is 0 Å². The van der Waals surface area contributed by atoms with Gasteiger partial charge in [-0.3, -0.25) is 4.58 Å². The fraction of sp³-hybridized carbons (Fsp3) is 0.421. The highest BCUT2D eigenvalue weighted by molar-refractivity contribution is 5.81. The maximum absolute atomic E-state index is 12.5. The second-order valence-corrected chi connectivity index (χ2v) is 6.56. The Morgan fingerprint density at radius 2 is 2.08 bits per heavy atom. The Labute approximate surface area is 141 Å². The zero-order chi connectivity index (χ0) is 16.7. The Kier molecular flexibility index (Phi) is 3.81. The standard InChI is InChI=1S/C19H22N2O3/c1-13(21-12-11-20-10-6-2-3-9-16(20)21)17-18(22)14-7-4-5-8-15(14)24-19(17)23/h4-5,7-8,18,22H,1-3,6,9-12H2. The second kappa shape index (κ2) is 5.98. The molecule has 0 saturated heterocycles. The van der Waals surface area contributed by atoms with Crippen LogP contribution in [0.4, 0.5) is 0 Å². The molecule has 1 aromatic carbocycles. The van der Waals surface area contributed by atoms with Gasteiger partial charge in [0, 0.05) is 12.2 Å². The van der Waals surface area contributed by atoms with Crippen LogP contribution < -0.4 is 9.84 Å². The van der Waals surface area contributed by atoms with E-state index in [1.165, 1.54) is 18.7 Å². The Hall–Kier alpha value is -2.27. The topological polar surface area (TPSA) is 58.8 Å². The van der Waals surface area contributed by atoms with Crippen molar-refractivity contribution < 1.29 is 19.5 Å². The van der Waals surface area contributed by atoms with Gasteiger partial charge in [0.2, 0.25) is 0 Å². The zero-order valence-electron chi connectivity index (χ0n) is 13.7. The lowest BCUT2D eigenvalue weighted by atomic mass is 9.96. The molecule has 126 valence electrons. The Morgan fingerprint density at radius 1 is 1.25 bits per heavy atom. The van der Waals surface area contributed by atoms with Crippen molar-refractivity contribution in [3.05, 3.63) is 53.6 Å². The van der Waals surface area contributed by atoms with Crippen molar-refractivity contribution >= 4 is 5.84 Å². The van der Waals surface area contributed by atoms with Crippen LogP contribution in [0, 0.1) is 0 Å². The van der Waals surface area contributed by atoms with Crippen LogP contribution in [-0.4, -0.2) is 40.1 Å². The summed E-state index contributed by atoms with van der Waals surface area (Å²) in [4.78, 5) is 2.10. The number of benzene rings is 1. The molecule has 4 rings (SSSR count). The number of ether oxygens (including phenoxy) is 1. The lowest BCUT2D eigenvalue weighted by molar-refractivity contribution is -0.518. The van der Waals surface area contributed by atoms with Crippen LogP contribution in [0.1, 0.15) is 37.4 Å². The van der Waals surface area contributed by atoms with Crippen molar-refractivity contribution in [3.63, 3.8) is 0 Å². The third-order valence-electron chi connectivity index (χ3n) is 5.14. The first-order valence-electron chi connectivity index (χ1n) is 8.60. The molecule has 0 fully saturated rings. The SMILES string of the molecule is C=C(C1=C([O-])Oc2ccccc2C1O)N1CC[N+]2=C1CCCCC2. The summed E-state index contributed by atoms with van der Waals surface area (Å²) in [6.45, 7) is 6.95. The van der Waals surface area contributed by atoms with Crippen molar-refractivity contribution in [1.29, 1.82) is 0 Å². The number of fused-ring (bicyclic) bond motifs is 1. The summed E-state index contributed by atoms with van der Waals surface area (Å²) in [6.07, 6.45) is 3.60. The van der Waals surface area contributed by atoms with Gasteiger partial charge in [-0.2, -0.15) is 0 Å². The van der Waals surface area contributed by atoms with Crippen molar-refractivity contribution in [2.75, 3.05) is 19.6 Å². The van der Waals surface area contributed by atoms with Crippen molar-refractivity contribution in [3.8, 4) is 5.75 Å². The van der Waals surface area contributed by atoms with Gasteiger partial charge >= 0.3 is 0 Å². The van der Waals surface area contributed by atoms with Gasteiger partial charge in [0.1, 0.15) is 24.9 Å². The fourth-order valence-corrected chi connectivity index (χ4v) is 3.88. The van der Waals surface area contributed by atoms with Crippen molar-refractivity contribution in [2.24, 2.45) is 0 Å². The van der Waals surface area contributed by atoms with E-state index in [-0.39, 0.29) is 5.57 Å². The molecule has 1 atom stereocenters. The molecule has 0 radical (unpaired) electrons. The third-order valence-corrected chi connectivity index (χ3v) is 5.14. The summed E-state index contributed by atoms with van der Waals surface area (Å²) in [7, 11) is 0. The first-order valence-corrected chi connectivity index (χ1v) is 8.60. The lowest BCUT2D eigenvalue weighted by Gasteiger charge is -2.33. The number of amidine groups is 1. The molecule has 1 aromatic rings. The van der Waals surface area contributed by atoms with Gasteiger partial charge in [-0.05, 0) is 30.9 Å². The van der Waals surface area contributed by atoms with Crippen LogP contribution in [0.15, 0.2) is 48.1 Å². The first-order chi connectivity index (χ1) is 11.7. The number of rotatable bonds is 2. The van der Waals surface area contributed by atoms with E-state index in [1.54, 1.807) is 18.2 Å². The molecular formula is C19H22N2O3. The first kappa shape index (κ1) is 15.3. The van der Waals surface area contributed by atoms with E-state index < -0.39 is 12.0 Å². The lowest BCUT2D eigenvalue weighted by Crippen LogP contribution is -2.33. The highest BCUT2D eigenvalue weighted by Crippen LogP contribution is 2.40. The average Bonchev–Trinajstić information content (AvgIpc) is 2.83. The third kappa shape index (κ3) is 2.40. The highest BCUT2D eigenvalue weighted by Gasteiger charge is 2.37. The molecular weight excluding hydrogens is 304 g/mol. The summed E-state index contributed by atoms with van der Waals surface area (Å²) in [6, 6.07) is 7.11. The molecule has 0 spiro atoms. The van der Waals surface area contributed by atoms with E-state index >= 15 is 0 Å². The number of hydrogen-bond acceptors (Lipinski definition) is 4. The van der Waals surface area contributed by atoms with Crippen molar-refractivity contribution in [1.82, 2.24) is 4.90 Å². The van der Waals surface area contributed by atoms with Crippen LogP contribution in [0.2, 0.25) is 0 Å². The van der Waals surface area contributed by atoms with E-state index in [2.05, 4.69) is 16.1 Å². The van der Waals surface area contributed by atoms with Gasteiger partial charge in [0.25, 0.3) is 5.84 Å². The molecule has 0 aromatic heterocycles. The van der Waals surface area contributed by atoms with Gasteiger partial charge in [-0.25, -0.2) is 4.90 Å². The van der Waals surface area contributed by atoms with Gasteiger partial charge < -0.3 is 14.9 Å². The number of nitrogens with zero attached hydrogens (tertiary/aromatic N) is 2. The molecule has 0 amide bonds. The average molecular weight is 326 g/mol. The molecule has 3 aliphatic rings. The minimum atomic E-state index is -0.990. The molecule has 3 heterocycles. The minimum Gasteiger partial charge on any atom is -0.579 e. The molecule has 1 unspecified atom stereocenters. The summed E-state index contributed by atoms with van der Waals surface area (Å²) < 4.78 is 7.79. The number of aliphatic hydroxyl groups excluding tert-OH is 1. The largest absolute Gasteiger partial charge is 0.579 e. The molecule has 0 aliphatic carbocycles. The highest BCUT2D eigenvalue weighted by atomic mass is 16.6. The normalized spacial score (nSPS) is 23.5. The summed E-state index contributed by atoms with van der Waals surface area (Å²) >= 11 is 0. The maximum Gasteiger partial charge on any atom is 0.252 e. The molecule has 3 aliphatic heterocycles. The number of hydrogen-bond donors (Lipinski definition) is 1. The maximum atomic E-state index is 12.5. The Bertz CT molecular complexity index is 751. The summed E-state index contributed by atoms with van der Waals surface area (Å²) in [5.41, 5.74) is 1.45. The van der Waals surface area contributed by atoms with Crippen molar-refractivity contribution in [2.45, 2.75) is 31.8 Å². The Morgan fingerprint density at radius 3 is 2.96 bits per heavy atom. The monoisotopic (exact) mass is 326 g/mol. The predicted molar refractivity (Wildman–Crippen MR) is 88.4 cm³/mol. The number of aliphatic hydroxyl groups is 1. The zero-order valence-corrected chi connectivity index (χ0v) is 13.7. The minimum absolute atomic E-state index is 0.257. The van der Waals surface area contributed by atoms with E-state index in [9.17, 15) is 10.2 Å². The molecule has 0 bridgehead atoms. The molecule has 1 N–H and O–H groups in total. The van der Waals surface area contributed by atoms with Crippen LogP contribution >= 0.6 is 0 Å². The van der Waals surface area contributed by atoms with Gasteiger partial charge in [-0.1, -0.05) is 24.8 Å². The molecule has 0 saturated carbocycles. The second-order valence-electron chi connectivity index (χ2n) is 6.56.